The second-order valence-electron chi connectivity index (χ2n) is 3.18. The third-order valence-electron chi connectivity index (χ3n) is 2.09. The number of furan rings is 1. The maximum absolute atomic E-state index is 11.6. The summed E-state index contributed by atoms with van der Waals surface area (Å²) in [5.74, 6) is 0.591. The molecule has 0 radical (unpaired) electrons. The van der Waals surface area contributed by atoms with Gasteiger partial charge in [-0.1, -0.05) is 11.6 Å². The number of aryl methyl sites for hydroxylation is 1. The predicted molar refractivity (Wildman–Crippen MR) is 56.1 cm³/mol. The molecule has 15 heavy (non-hydrogen) atoms. The lowest BCUT2D eigenvalue weighted by Gasteiger charge is -2.06. The molecule has 2 rings (SSSR count). The van der Waals surface area contributed by atoms with Crippen molar-refractivity contribution in [3.05, 3.63) is 51.6 Å². The monoisotopic (exact) mass is 224 g/mol. The molecule has 0 aliphatic carbocycles. The number of hydrogen-bond donors (Lipinski definition) is 0. The van der Waals surface area contributed by atoms with Crippen molar-refractivity contribution in [2.45, 2.75) is 13.5 Å². The van der Waals surface area contributed by atoms with Crippen molar-refractivity contribution in [3.8, 4) is 0 Å². The molecule has 0 atom stereocenters. The maximum atomic E-state index is 11.6. The van der Waals surface area contributed by atoms with Crippen molar-refractivity contribution < 1.29 is 4.42 Å². The van der Waals surface area contributed by atoms with Crippen molar-refractivity contribution in [3.63, 3.8) is 0 Å². The Morgan fingerprint density at radius 2 is 2.40 bits per heavy atom. The first-order valence-electron chi connectivity index (χ1n) is 4.42. The molecular weight excluding hydrogens is 216 g/mol. The van der Waals surface area contributed by atoms with Crippen LogP contribution in [0.3, 0.4) is 0 Å². The van der Waals surface area contributed by atoms with E-state index in [2.05, 4.69) is 4.98 Å². The van der Waals surface area contributed by atoms with Crippen LogP contribution in [0.4, 0.5) is 0 Å². The number of aromatic nitrogens is 2. The van der Waals surface area contributed by atoms with E-state index in [-0.39, 0.29) is 10.7 Å². The minimum atomic E-state index is -0.159. The first-order valence-corrected chi connectivity index (χ1v) is 4.79. The fraction of sp³-hybridized carbons (Fsp3) is 0.200. The second kappa shape index (κ2) is 3.90. The van der Waals surface area contributed by atoms with Crippen LogP contribution in [-0.4, -0.2) is 9.55 Å². The summed E-state index contributed by atoms with van der Waals surface area (Å²) in [6, 6.07) is 3.11. The molecule has 4 nitrogen and oxygen atoms in total. The smallest absolute Gasteiger partial charge is 0.255 e. The van der Waals surface area contributed by atoms with Gasteiger partial charge in [-0.2, -0.15) is 0 Å². The van der Waals surface area contributed by atoms with E-state index in [1.54, 1.807) is 25.5 Å². The number of halogens is 1. The molecular formula is C10H9ClN2O2. The van der Waals surface area contributed by atoms with Gasteiger partial charge in [0.05, 0.1) is 19.1 Å². The largest absolute Gasteiger partial charge is 0.472 e. The Labute approximate surface area is 91.1 Å². The molecule has 0 saturated carbocycles. The minimum absolute atomic E-state index is 0.159. The average molecular weight is 225 g/mol. The van der Waals surface area contributed by atoms with Gasteiger partial charge in [0.2, 0.25) is 0 Å². The lowest BCUT2D eigenvalue weighted by Crippen LogP contribution is -2.23. The van der Waals surface area contributed by atoms with Crippen LogP contribution >= 0.6 is 11.6 Å². The molecule has 0 saturated heterocycles. The third kappa shape index (κ3) is 2.10. The van der Waals surface area contributed by atoms with Crippen molar-refractivity contribution in [2.24, 2.45) is 0 Å². The highest BCUT2D eigenvalue weighted by Crippen LogP contribution is 2.05. The molecule has 0 amide bonds. The number of nitrogens with zero attached hydrogens (tertiary/aromatic N) is 2. The first-order chi connectivity index (χ1) is 7.16. The van der Waals surface area contributed by atoms with Gasteiger partial charge in [0, 0.05) is 11.6 Å². The van der Waals surface area contributed by atoms with Gasteiger partial charge in [-0.15, -0.1) is 0 Å². The predicted octanol–water partition coefficient (Wildman–Crippen LogP) is 1.85. The zero-order valence-electron chi connectivity index (χ0n) is 8.11. The molecule has 78 valence electrons. The molecule has 0 aromatic carbocycles. The summed E-state index contributed by atoms with van der Waals surface area (Å²) in [4.78, 5) is 15.6. The minimum Gasteiger partial charge on any atom is -0.472 e. The molecule has 2 heterocycles. The van der Waals surface area contributed by atoms with E-state index in [4.69, 9.17) is 16.0 Å². The van der Waals surface area contributed by atoms with Crippen LogP contribution in [0.1, 0.15) is 11.4 Å². The van der Waals surface area contributed by atoms with E-state index in [1.165, 1.54) is 10.6 Å². The standard InChI is InChI=1S/C10H9ClN2O2/c1-7-12-9(11)4-10(14)13(7)5-8-2-3-15-6-8/h2-4,6H,5H2,1H3. The molecule has 0 N–H and O–H groups in total. The molecule has 2 aromatic rings. The van der Waals surface area contributed by atoms with Gasteiger partial charge in [0.1, 0.15) is 11.0 Å². The summed E-state index contributed by atoms with van der Waals surface area (Å²) in [6.45, 7) is 2.19. The van der Waals surface area contributed by atoms with Gasteiger partial charge in [-0.05, 0) is 13.0 Å². The van der Waals surface area contributed by atoms with E-state index < -0.39 is 0 Å². The summed E-state index contributed by atoms with van der Waals surface area (Å²) in [5, 5.41) is 0.223. The average Bonchev–Trinajstić information content (AvgIpc) is 2.63. The molecule has 2 aromatic heterocycles. The highest BCUT2D eigenvalue weighted by atomic mass is 35.5. The summed E-state index contributed by atoms with van der Waals surface area (Å²) < 4.78 is 6.47. The molecule has 0 aliphatic rings. The number of hydrogen-bond acceptors (Lipinski definition) is 3. The third-order valence-corrected chi connectivity index (χ3v) is 2.28. The van der Waals surface area contributed by atoms with Crippen molar-refractivity contribution in [1.82, 2.24) is 9.55 Å². The van der Waals surface area contributed by atoms with Crippen LogP contribution in [-0.2, 0) is 6.54 Å². The fourth-order valence-corrected chi connectivity index (χ4v) is 1.56. The van der Waals surface area contributed by atoms with Crippen LogP contribution < -0.4 is 5.56 Å². The van der Waals surface area contributed by atoms with E-state index in [0.717, 1.165) is 5.56 Å². The summed E-state index contributed by atoms with van der Waals surface area (Å²) in [7, 11) is 0. The Hall–Kier alpha value is -1.55. The van der Waals surface area contributed by atoms with Crippen molar-refractivity contribution >= 4 is 11.6 Å². The van der Waals surface area contributed by atoms with Crippen LogP contribution in [0.25, 0.3) is 0 Å². The molecule has 5 heteroatoms. The van der Waals surface area contributed by atoms with Gasteiger partial charge in [0.25, 0.3) is 5.56 Å². The fourth-order valence-electron chi connectivity index (χ4n) is 1.34. The molecule has 0 spiro atoms. The highest BCUT2D eigenvalue weighted by Gasteiger charge is 2.05. The SMILES string of the molecule is Cc1nc(Cl)cc(=O)n1Cc1ccoc1. The topological polar surface area (TPSA) is 48.0 Å². The normalized spacial score (nSPS) is 10.5. The quantitative estimate of drug-likeness (QED) is 0.732. The van der Waals surface area contributed by atoms with Crippen LogP contribution in [0.5, 0.6) is 0 Å². The zero-order valence-corrected chi connectivity index (χ0v) is 8.86. The molecule has 0 unspecified atom stereocenters. The van der Waals surface area contributed by atoms with Crippen molar-refractivity contribution in [2.75, 3.05) is 0 Å². The van der Waals surface area contributed by atoms with Gasteiger partial charge >= 0.3 is 0 Å². The van der Waals surface area contributed by atoms with E-state index in [1.807, 2.05) is 0 Å². The number of rotatable bonds is 2. The molecule has 0 aliphatic heterocycles. The Morgan fingerprint density at radius 1 is 1.60 bits per heavy atom. The molecule has 0 bridgehead atoms. The summed E-state index contributed by atoms with van der Waals surface area (Å²) in [6.07, 6.45) is 3.17. The van der Waals surface area contributed by atoms with E-state index in [9.17, 15) is 4.79 Å². The lowest BCUT2D eigenvalue weighted by molar-refractivity contribution is 0.560. The van der Waals surface area contributed by atoms with E-state index >= 15 is 0 Å². The second-order valence-corrected chi connectivity index (χ2v) is 3.57. The molecule has 0 fully saturated rings. The van der Waals surface area contributed by atoms with Gasteiger partial charge in [0.15, 0.2) is 0 Å². The Balaban J connectivity index is 2.41. The maximum Gasteiger partial charge on any atom is 0.255 e. The Kier molecular flexibility index (Phi) is 2.60. The van der Waals surface area contributed by atoms with E-state index in [0.29, 0.717) is 12.4 Å². The summed E-state index contributed by atoms with van der Waals surface area (Å²) in [5.41, 5.74) is 0.762. The van der Waals surface area contributed by atoms with Gasteiger partial charge in [-0.3, -0.25) is 9.36 Å². The van der Waals surface area contributed by atoms with Gasteiger partial charge in [-0.25, -0.2) is 4.98 Å². The lowest BCUT2D eigenvalue weighted by atomic mass is 10.3. The Bertz CT molecular complexity index is 517. The van der Waals surface area contributed by atoms with Crippen LogP contribution in [0.15, 0.2) is 33.9 Å². The van der Waals surface area contributed by atoms with Crippen LogP contribution in [0.2, 0.25) is 5.15 Å². The Morgan fingerprint density at radius 3 is 3.00 bits per heavy atom. The highest BCUT2D eigenvalue weighted by molar-refractivity contribution is 6.29. The first kappa shape index (κ1) is 9.98. The zero-order chi connectivity index (χ0) is 10.8. The van der Waals surface area contributed by atoms with Crippen molar-refractivity contribution in [1.29, 1.82) is 0 Å². The van der Waals surface area contributed by atoms with Gasteiger partial charge < -0.3 is 4.42 Å². The van der Waals surface area contributed by atoms with Crippen LogP contribution in [0, 0.1) is 6.92 Å². The summed E-state index contributed by atoms with van der Waals surface area (Å²) >= 11 is 5.66.